The maximum atomic E-state index is 11.7. The van der Waals surface area contributed by atoms with Crippen LogP contribution in [-0.2, 0) is 16.0 Å². The first-order chi connectivity index (χ1) is 15.0. The third kappa shape index (κ3) is 6.33. The molecular weight excluding hydrogens is 404 g/mol. The van der Waals surface area contributed by atoms with Crippen molar-refractivity contribution >= 4 is 5.97 Å². The zero-order valence-electron chi connectivity index (χ0n) is 17.2. The Kier molecular flexibility index (Phi) is 8.11. The Morgan fingerprint density at radius 3 is 2.48 bits per heavy atom. The molecule has 1 unspecified atom stereocenters. The number of carboxylic acids is 1. The molecule has 0 saturated carbocycles. The van der Waals surface area contributed by atoms with Crippen LogP contribution in [0.2, 0.25) is 0 Å². The lowest BCUT2D eigenvalue weighted by atomic mass is 9.91. The number of hydrogen-bond donors (Lipinski definition) is 3. The highest BCUT2D eigenvalue weighted by Gasteiger charge is 2.42. The van der Waals surface area contributed by atoms with Crippen molar-refractivity contribution in [3.05, 3.63) is 54.1 Å². The molecule has 1 aliphatic heterocycles. The number of ether oxygens (including phenoxy) is 4. The predicted molar refractivity (Wildman–Crippen MR) is 112 cm³/mol. The van der Waals surface area contributed by atoms with Gasteiger partial charge in [0.25, 0.3) is 0 Å². The maximum Gasteiger partial charge on any atom is 0.336 e. The highest BCUT2D eigenvalue weighted by Crippen LogP contribution is 2.31. The summed E-state index contributed by atoms with van der Waals surface area (Å²) >= 11 is 0. The summed E-state index contributed by atoms with van der Waals surface area (Å²) in [5.41, 5.74) is -0.389. The molecule has 31 heavy (non-hydrogen) atoms. The normalized spacial score (nSPS) is 19.0. The van der Waals surface area contributed by atoms with E-state index in [0.29, 0.717) is 30.3 Å². The third-order valence-electron chi connectivity index (χ3n) is 4.95. The summed E-state index contributed by atoms with van der Waals surface area (Å²) < 4.78 is 22.2. The van der Waals surface area contributed by atoms with Gasteiger partial charge >= 0.3 is 5.97 Å². The highest BCUT2D eigenvalue weighted by atomic mass is 16.5. The van der Waals surface area contributed by atoms with E-state index in [4.69, 9.17) is 24.1 Å². The van der Waals surface area contributed by atoms with Gasteiger partial charge in [0.2, 0.25) is 0 Å². The van der Waals surface area contributed by atoms with Gasteiger partial charge in [-0.2, -0.15) is 0 Å². The Hall–Kier alpha value is -2.81. The smallest absolute Gasteiger partial charge is 0.336 e. The number of aliphatic hydroxyl groups excluding tert-OH is 2. The van der Waals surface area contributed by atoms with Gasteiger partial charge in [-0.3, -0.25) is 0 Å². The maximum absolute atomic E-state index is 11.7. The Labute approximate surface area is 180 Å². The molecule has 8 nitrogen and oxygen atoms in total. The van der Waals surface area contributed by atoms with Crippen LogP contribution in [-0.4, -0.2) is 66.0 Å². The van der Waals surface area contributed by atoms with Crippen LogP contribution in [0.4, 0.5) is 0 Å². The van der Waals surface area contributed by atoms with Gasteiger partial charge in [-0.1, -0.05) is 24.3 Å². The zero-order chi connectivity index (χ0) is 22.1. The van der Waals surface area contributed by atoms with Crippen molar-refractivity contribution < 1.29 is 39.1 Å². The molecule has 8 heteroatoms. The van der Waals surface area contributed by atoms with Crippen LogP contribution in [0, 0.1) is 0 Å². The molecule has 0 aromatic heterocycles. The fourth-order valence-corrected chi connectivity index (χ4v) is 3.43. The van der Waals surface area contributed by atoms with E-state index in [1.54, 1.807) is 42.5 Å². The molecule has 2 aromatic carbocycles. The number of para-hydroxylation sites is 2. The van der Waals surface area contributed by atoms with Crippen molar-refractivity contribution in [3.63, 3.8) is 0 Å². The summed E-state index contributed by atoms with van der Waals surface area (Å²) in [7, 11) is 0. The van der Waals surface area contributed by atoms with E-state index in [-0.39, 0.29) is 32.8 Å². The Morgan fingerprint density at radius 1 is 1.06 bits per heavy atom. The molecule has 1 saturated heterocycles. The van der Waals surface area contributed by atoms with Gasteiger partial charge in [0.15, 0.2) is 17.1 Å². The SMILES string of the molecule is O=C(O)C1(Cc2cccc(OC[C@@H](O)COc3ccccc3OCCO)c2)CCCO1. The fourth-order valence-electron chi connectivity index (χ4n) is 3.43. The standard InChI is InChI=1S/C23H28O8/c24-10-12-28-20-7-1-2-8-21(20)30-16-18(25)15-29-19-6-3-5-17(13-19)14-23(22(26)27)9-4-11-31-23/h1-3,5-8,13,18,24-25H,4,9-12,14-16H2,(H,26,27)/t18-,23?/m1/s1. The van der Waals surface area contributed by atoms with Gasteiger partial charge in [-0.25, -0.2) is 4.79 Å². The van der Waals surface area contributed by atoms with Gasteiger partial charge in [0.1, 0.15) is 31.7 Å². The number of carboxylic acid groups (broad SMARTS) is 1. The van der Waals surface area contributed by atoms with Crippen LogP contribution in [0.25, 0.3) is 0 Å². The molecule has 0 amide bonds. The van der Waals surface area contributed by atoms with E-state index in [1.807, 2.05) is 6.07 Å². The van der Waals surface area contributed by atoms with Crippen LogP contribution in [0.3, 0.4) is 0 Å². The largest absolute Gasteiger partial charge is 0.491 e. The molecule has 2 aromatic rings. The summed E-state index contributed by atoms with van der Waals surface area (Å²) in [6, 6.07) is 14.1. The van der Waals surface area contributed by atoms with E-state index in [0.717, 1.165) is 12.0 Å². The molecule has 3 rings (SSSR count). The molecule has 168 valence electrons. The molecule has 1 aliphatic rings. The molecule has 1 fully saturated rings. The summed E-state index contributed by atoms with van der Waals surface area (Å²) in [5.74, 6) is 0.528. The lowest BCUT2D eigenvalue weighted by Gasteiger charge is -2.23. The van der Waals surface area contributed by atoms with E-state index in [9.17, 15) is 15.0 Å². The van der Waals surface area contributed by atoms with Crippen LogP contribution < -0.4 is 14.2 Å². The minimum Gasteiger partial charge on any atom is -0.491 e. The van der Waals surface area contributed by atoms with Crippen molar-refractivity contribution in [2.75, 3.05) is 33.0 Å². The number of rotatable bonds is 12. The molecule has 0 bridgehead atoms. The second-order valence-corrected chi connectivity index (χ2v) is 7.37. The topological polar surface area (TPSA) is 115 Å². The average Bonchev–Trinajstić information content (AvgIpc) is 3.25. The summed E-state index contributed by atoms with van der Waals surface area (Å²) in [6.07, 6.45) is 0.573. The van der Waals surface area contributed by atoms with Crippen LogP contribution in [0.5, 0.6) is 17.2 Å². The van der Waals surface area contributed by atoms with E-state index >= 15 is 0 Å². The number of benzene rings is 2. The zero-order valence-corrected chi connectivity index (χ0v) is 17.2. The fraction of sp³-hybridized carbons (Fsp3) is 0.435. The quantitative estimate of drug-likeness (QED) is 0.467. The lowest BCUT2D eigenvalue weighted by Crippen LogP contribution is -2.40. The molecule has 2 atom stereocenters. The third-order valence-corrected chi connectivity index (χ3v) is 4.95. The van der Waals surface area contributed by atoms with Crippen LogP contribution in [0.15, 0.2) is 48.5 Å². The van der Waals surface area contributed by atoms with Gasteiger partial charge in [0.05, 0.1) is 6.61 Å². The van der Waals surface area contributed by atoms with Crippen molar-refractivity contribution in [2.24, 2.45) is 0 Å². The van der Waals surface area contributed by atoms with Gasteiger partial charge in [0, 0.05) is 13.0 Å². The van der Waals surface area contributed by atoms with Crippen molar-refractivity contribution in [3.8, 4) is 17.2 Å². The molecule has 0 aliphatic carbocycles. The average molecular weight is 432 g/mol. The van der Waals surface area contributed by atoms with E-state index in [2.05, 4.69) is 0 Å². The number of aliphatic carboxylic acids is 1. The number of carbonyl (C=O) groups is 1. The van der Waals surface area contributed by atoms with Gasteiger partial charge < -0.3 is 34.3 Å². The van der Waals surface area contributed by atoms with E-state index in [1.165, 1.54) is 0 Å². The Balaban J connectivity index is 1.51. The number of aliphatic hydroxyl groups is 2. The second-order valence-electron chi connectivity index (χ2n) is 7.37. The summed E-state index contributed by atoms with van der Waals surface area (Å²) in [6.45, 7) is 0.488. The van der Waals surface area contributed by atoms with Crippen molar-refractivity contribution in [1.82, 2.24) is 0 Å². The summed E-state index contributed by atoms with van der Waals surface area (Å²) in [5, 5.41) is 28.7. The Bertz CT molecular complexity index is 847. The molecule has 0 spiro atoms. The molecule has 0 radical (unpaired) electrons. The van der Waals surface area contributed by atoms with Crippen molar-refractivity contribution in [2.45, 2.75) is 31.0 Å². The second kappa shape index (κ2) is 11.0. The first kappa shape index (κ1) is 22.9. The molecule has 3 N–H and O–H groups in total. The number of hydrogen-bond acceptors (Lipinski definition) is 7. The molecule has 1 heterocycles. The molecular formula is C23H28O8. The van der Waals surface area contributed by atoms with E-state index < -0.39 is 17.7 Å². The van der Waals surface area contributed by atoms with Gasteiger partial charge in [-0.05, 0) is 42.7 Å². The summed E-state index contributed by atoms with van der Waals surface area (Å²) in [4.78, 5) is 11.7. The van der Waals surface area contributed by atoms with Crippen LogP contribution >= 0.6 is 0 Å². The first-order valence-corrected chi connectivity index (χ1v) is 10.2. The van der Waals surface area contributed by atoms with Crippen LogP contribution in [0.1, 0.15) is 18.4 Å². The predicted octanol–water partition coefficient (Wildman–Crippen LogP) is 2.05. The lowest BCUT2D eigenvalue weighted by molar-refractivity contribution is -0.159. The Morgan fingerprint density at radius 2 is 1.81 bits per heavy atom. The highest BCUT2D eigenvalue weighted by molar-refractivity contribution is 5.78. The monoisotopic (exact) mass is 432 g/mol. The van der Waals surface area contributed by atoms with Crippen molar-refractivity contribution in [1.29, 1.82) is 0 Å². The first-order valence-electron chi connectivity index (χ1n) is 10.2. The van der Waals surface area contributed by atoms with Gasteiger partial charge in [-0.15, -0.1) is 0 Å². The minimum absolute atomic E-state index is 0.00366. The minimum atomic E-state index is -1.18.